The first kappa shape index (κ1) is 37.4. The lowest BCUT2D eigenvalue weighted by molar-refractivity contribution is -0.250. The molecule has 0 radical (unpaired) electrons. The fourth-order valence-corrected chi connectivity index (χ4v) is 13.5. The van der Waals surface area contributed by atoms with Crippen LogP contribution in [0.2, 0.25) is 0 Å². The molecule has 5 aliphatic carbocycles. The third-order valence-corrected chi connectivity index (χ3v) is 15.9. The van der Waals surface area contributed by atoms with Gasteiger partial charge in [0, 0.05) is 11.8 Å². The van der Waals surface area contributed by atoms with Crippen LogP contribution in [0.15, 0.2) is 12.2 Å². The van der Waals surface area contributed by atoms with E-state index in [1.807, 2.05) is 0 Å². The van der Waals surface area contributed by atoms with Gasteiger partial charge in [0.05, 0.1) is 12.8 Å². The summed E-state index contributed by atoms with van der Waals surface area (Å²) in [5.41, 5.74) is 0.157. The molecule has 0 saturated heterocycles. The molecule has 0 aromatic heterocycles. The van der Waals surface area contributed by atoms with Crippen molar-refractivity contribution in [2.45, 2.75) is 158 Å². The van der Waals surface area contributed by atoms with Gasteiger partial charge in [0.1, 0.15) is 6.10 Å². The Bertz CT molecular complexity index is 1320. The summed E-state index contributed by atoms with van der Waals surface area (Å²) < 4.78 is 46.2. The van der Waals surface area contributed by atoms with Crippen molar-refractivity contribution < 1.29 is 37.4 Å². The molecule has 0 amide bonds. The van der Waals surface area contributed by atoms with Crippen LogP contribution >= 0.6 is 0 Å². The zero-order valence-corrected chi connectivity index (χ0v) is 30.8. The molecule has 0 spiro atoms. The number of alkyl halides is 3. The topological polar surface area (TPSA) is 80.7 Å². The van der Waals surface area contributed by atoms with E-state index < -0.39 is 29.8 Å². The van der Waals surface area contributed by atoms with Crippen LogP contribution in [0.4, 0.5) is 13.2 Å². The number of carbonyl (C=O) groups excluding carboxylic acids is 2. The molecule has 0 unspecified atom stereocenters. The van der Waals surface area contributed by atoms with Gasteiger partial charge in [0.2, 0.25) is 5.78 Å². The van der Waals surface area contributed by atoms with Crippen LogP contribution in [0, 0.1) is 62.1 Å². The summed E-state index contributed by atoms with van der Waals surface area (Å²) in [6.07, 6.45) is 4.63. The van der Waals surface area contributed by atoms with Crippen molar-refractivity contribution in [2.24, 2.45) is 62.1 Å². The number of fused-ring (bicyclic) bond motifs is 7. The van der Waals surface area contributed by atoms with Gasteiger partial charge in [0.15, 0.2) is 0 Å². The van der Waals surface area contributed by atoms with E-state index >= 15 is 0 Å². The lowest BCUT2D eigenvalue weighted by Gasteiger charge is -2.73. The maximum Gasteiger partial charge on any atom is 0.449 e. The van der Waals surface area contributed by atoms with Crippen molar-refractivity contribution in [2.75, 3.05) is 0 Å². The molecule has 0 aromatic carbocycles. The van der Waals surface area contributed by atoms with Crippen LogP contribution < -0.4 is 0 Å². The zero-order valence-electron chi connectivity index (χ0n) is 30.8. The van der Waals surface area contributed by atoms with Crippen LogP contribution in [-0.4, -0.2) is 35.1 Å². The Morgan fingerprint density at radius 3 is 2.10 bits per heavy atom. The smallest absolute Gasteiger partial charge is 0.449 e. The number of carboxylic acids is 1. The molecule has 1 N–H and O–H groups in total. The summed E-state index contributed by atoms with van der Waals surface area (Å²) in [5.74, 6) is -1.04. The van der Waals surface area contributed by atoms with Crippen LogP contribution in [0.1, 0.15) is 145 Å². The highest BCUT2D eigenvalue weighted by atomic mass is 19.4. The molecule has 10 atom stereocenters. The molecular weight excluding hydrogens is 617 g/mol. The van der Waals surface area contributed by atoms with Crippen LogP contribution in [0.5, 0.6) is 0 Å². The quantitative estimate of drug-likeness (QED) is 0.194. The second kappa shape index (κ2) is 12.1. The van der Waals surface area contributed by atoms with Crippen molar-refractivity contribution in [3.8, 4) is 0 Å². The third-order valence-electron chi connectivity index (χ3n) is 15.9. The van der Waals surface area contributed by atoms with Crippen molar-refractivity contribution in [3.05, 3.63) is 12.2 Å². The number of halogens is 3. The minimum atomic E-state index is -4.77. The van der Waals surface area contributed by atoms with Gasteiger partial charge < -0.3 is 9.84 Å². The van der Waals surface area contributed by atoms with Gasteiger partial charge in [-0.2, -0.15) is 13.2 Å². The molecular formula is C40H61F3O5. The summed E-state index contributed by atoms with van der Waals surface area (Å²) in [7, 11) is 0. The minimum absolute atomic E-state index is 0.0350. The fourth-order valence-electron chi connectivity index (χ4n) is 13.5. The Kier molecular flexibility index (Phi) is 9.45. The Labute approximate surface area is 286 Å². The molecule has 8 heteroatoms. The monoisotopic (exact) mass is 678 g/mol. The third kappa shape index (κ3) is 5.99. The average Bonchev–Trinajstić information content (AvgIpc) is 3.32. The van der Waals surface area contributed by atoms with E-state index in [0.29, 0.717) is 24.2 Å². The molecule has 272 valence electrons. The lowest BCUT2D eigenvalue weighted by Crippen LogP contribution is -2.66. The molecule has 5 saturated carbocycles. The second-order valence-electron chi connectivity index (χ2n) is 19.2. The van der Waals surface area contributed by atoms with Crippen molar-refractivity contribution >= 4 is 17.7 Å². The number of hydrogen-bond donors (Lipinski definition) is 1. The minimum Gasteiger partial charge on any atom is -0.481 e. The van der Waals surface area contributed by atoms with E-state index in [1.165, 1.54) is 0 Å². The number of esters is 1. The lowest BCUT2D eigenvalue weighted by atomic mass is 9.32. The largest absolute Gasteiger partial charge is 0.481 e. The number of Topliss-reactive ketones (excluding diaryl/α,β-unsaturated/α-hetero) is 1. The average molecular weight is 679 g/mol. The standard InChI is InChI=1S/C40H61F3O5/c1-24(2)25-12-18-39(19-14-29(44)40(41,42)43)21-20-37(8)26(33(25)39)10-11-28-36(7)16-15-30(35(5,6)27(36)13-17-38(28,37)9)48-32(47)23-34(3,4)22-31(45)46/h25-28,30,33H,1,10-23H2,2-9H3,(H,45,46)/t25-,26+,27-,28+,30-,33+,36-,37+,38+,39-/m0/s1. The first-order valence-electron chi connectivity index (χ1n) is 18.6. The van der Waals surface area contributed by atoms with Crippen LogP contribution in [-0.2, 0) is 19.1 Å². The number of hydrogen-bond acceptors (Lipinski definition) is 4. The van der Waals surface area contributed by atoms with E-state index in [2.05, 4.69) is 48.1 Å². The fraction of sp³-hybridized carbons (Fsp3) is 0.875. The number of carbonyl (C=O) groups is 3. The van der Waals surface area contributed by atoms with E-state index in [1.54, 1.807) is 13.8 Å². The molecule has 5 fully saturated rings. The van der Waals surface area contributed by atoms with Gasteiger partial charge in [-0.1, -0.05) is 60.6 Å². The summed E-state index contributed by atoms with van der Waals surface area (Å²) in [4.78, 5) is 36.6. The molecule has 0 bridgehead atoms. The molecule has 48 heavy (non-hydrogen) atoms. The molecule has 5 aliphatic rings. The normalized spacial score (nSPS) is 42.1. The van der Waals surface area contributed by atoms with Crippen molar-refractivity contribution in [3.63, 3.8) is 0 Å². The number of ether oxygens (including phenoxy) is 1. The summed E-state index contributed by atoms with van der Waals surface area (Å²) in [5, 5.41) is 9.29. The highest BCUT2D eigenvalue weighted by Crippen LogP contribution is 2.78. The summed E-state index contributed by atoms with van der Waals surface area (Å²) in [6, 6.07) is 0. The molecule has 5 nitrogen and oxygen atoms in total. The van der Waals surface area contributed by atoms with E-state index in [0.717, 1.165) is 69.8 Å². The maximum atomic E-state index is 13.3. The van der Waals surface area contributed by atoms with Gasteiger partial charge in [-0.3, -0.25) is 14.4 Å². The summed E-state index contributed by atoms with van der Waals surface area (Å²) >= 11 is 0. The highest BCUT2D eigenvalue weighted by Gasteiger charge is 2.71. The van der Waals surface area contributed by atoms with Gasteiger partial charge in [-0.05, 0) is 134 Å². The molecule has 0 heterocycles. The van der Waals surface area contributed by atoms with E-state index in [9.17, 15) is 32.7 Å². The van der Waals surface area contributed by atoms with Gasteiger partial charge in [-0.15, -0.1) is 0 Å². The van der Waals surface area contributed by atoms with Crippen molar-refractivity contribution in [1.29, 1.82) is 0 Å². The maximum absolute atomic E-state index is 13.3. The Hall–Kier alpha value is -1.86. The van der Waals surface area contributed by atoms with Gasteiger partial charge >= 0.3 is 18.1 Å². The zero-order chi connectivity index (χ0) is 35.9. The first-order valence-corrected chi connectivity index (χ1v) is 18.6. The summed E-state index contributed by atoms with van der Waals surface area (Å²) in [6.45, 7) is 22.1. The Morgan fingerprint density at radius 1 is 0.833 bits per heavy atom. The number of carboxylic acid groups (broad SMARTS) is 1. The first-order chi connectivity index (χ1) is 21.9. The van der Waals surface area contributed by atoms with E-state index in [-0.39, 0.29) is 63.8 Å². The second-order valence-corrected chi connectivity index (χ2v) is 19.2. The highest BCUT2D eigenvalue weighted by molar-refractivity contribution is 5.84. The Morgan fingerprint density at radius 2 is 1.50 bits per heavy atom. The SMILES string of the molecule is C=C(C)[C@@H]1CC[C@]2(CCC(=O)C(F)(F)F)CC[C@]3(C)[C@H](CC[C@@H]4[C@@]5(C)CC[C@H](OC(=O)CC(C)(C)CC(=O)O)C(C)(C)[C@@H]5CC[C@]43C)[C@@H]12. The Balaban J connectivity index is 1.39. The van der Waals surface area contributed by atoms with E-state index in [4.69, 9.17) is 4.74 Å². The molecule has 5 rings (SSSR count). The number of ketones is 1. The number of rotatable bonds is 9. The van der Waals surface area contributed by atoms with Gasteiger partial charge in [-0.25, -0.2) is 0 Å². The predicted molar refractivity (Wildman–Crippen MR) is 180 cm³/mol. The number of allylic oxidation sites excluding steroid dienone is 1. The van der Waals surface area contributed by atoms with Crippen molar-refractivity contribution in [1.82, 2.24) is 0 Å². The van der Waals surface area contributed by atoms with Crippen LogP contribution in [0.3, 0.4) is 0 Å². The van der Waals surface area contributed by atoms with Crippen LogP contribution in [0.25, 0.3) is 0 Å². The molecule has 0 aromatic rings. The van der Waals surface area contributed by atoms with Gasteiger partial charge in [0.25, 0.3) is 0 Å². The predicted octanol–water partition coefficient (Wildman–Crippen LogP) is 10.4. The number of aliphatic carboxylic acids is 1. The molecule has 0 aliphatic heterocycles.